The van der Waals surface area contributed by atoms with E-state index in [9.17, 15) is 0 Å². The van der Waals surface area contributed by atoms with E-state index < -0.39 is 0 Å². The van der Waals surface area contributed by atoms with Crippen molar-refractivity contribution in [2.75, 3.05) is 7.05 Å². The van der Waals surface area contributed by atoms with Crippen LogP contribution in [0.25, 0.3) is 0 Å². The van der Waals surface area contributed by atoms with E-state index >= 15 is 0 Å². The molecule has 0 unspecified atom stereocenters. The van der Waals surface area contributed by atoms with Gasteiger partial charge in [0, 0.05) is 35.0 Å². The number of hydrogen-bond donors (Lipinski definition) is 0. The van der Waals surface area contributed by atoms with E-state index in [0.717, 1.165) is 28.1 Å². The van der Waals surface area contributed by atoms with E-state index in [-0.39, 0.29) is 0 Å². The Morgan fingerprint density at radius 1 is 1.17 bits per heavy atom. The number of benzene rings is 1. The van der Waals surface area contributed by atoms with Gasteiger partial charge in [0.25, 0.3) is 0 Å². The van der Waals surface area contributed by atoms with Crippen molar-refractivity contribution in [1.82, 2.24) is 9.88 Å². The minimum Gasteiger partial charge on any atom is -0.298 e. The first-order chi connectivity index (χ1) is 8.65. The number of hydrogen-bond acceptors (Lipinski definition) is 2. The second kappa shape index (κ2) is 6.32. The third-order valence-corrected chi connectivity index (χ3v) is 3.50. The van der Waals surface area contributed by atoms with Gasteiger partial charge in [-0.05, 0) is 42.4 Å². The summed E-state index contributed by atoms with van der Waals surface area (Å²) in [6.07, 6.45) is 3.63. The van der Waals surface area contributed by atoms with Crippen molar-refractivity contribution in [2.24, 2.45) is 0 Å². The lowest BCUT2D eigenvalue weighted by Crippen LogP contribution is -2.17. The Balaban J connectivity index is 2.01. The second-order valence-electron chi connectivity index (χ2n) is 4.26. The molecule has 1 aromatic heterocycles. The molecule has 0 saturated heterocycles. The van der Waals surface area contributed by atoms with Crippen LogP contribution in [0.5, 0.6) is 0 Å². The lowest BCUT2D eigenvalue weighted by atomic mass is 10.2. The maximum Gasteiger partial charge on any atom is 0.0462 e. The van der Waals surface area contributed by atoms with Gasteiger partial charge in [-0.2, -0.15) is 0 Å². The predicted octanol–water partition coefficient (Wildman–Crippen LogP) is 4.13. The lowest BCUT2D eigenvalue weighted by molar-refractivity contribution is 0.319. The van der Waals surface area contributed by atoms with Gasteiger partial charge in [-0.25, -0.2) is 0 Å². The molecule has 0 radical (unpaired) electrons. The highest BCUT2D eigenvalue weighted by Gasteiger charge is 2.05. The van der Waals surface area contributed by atoms with E-state index in [1.807, 2.05) is 36.7 Å². The molecule has 94 valence electrons. The molecular weight excluding hydrogens is 312 g/mol. The van der Waals surface area contributed by atoms with E-state index in [2.05, 4.69) is 38.9 Å². The van der Waals surface area contributed by atoms with Gasteiger partial charge < -0.3 is 0 Å². The van der Waals surface area contributed by atoms with Crippen LogP contribution in [0.3, 0.4) is 0 Å². The van der Waals surface area contributed by atoms with Crippen molar-refractivity contribution in [3.8, 4) is 0 Å². The summed E-state index contributed by atoms with van der Waals surface area (Å²) in [6.45, 7) is 1.71. The zero-order valence-electron chi connectivity index (χ0n) is 10.1. The highest BCUT2D eigenvalue weighted by Crippen LogP contribution is 2.22. The molecule has 1 aromatic carbocycles. The van der Waals surface area contributed by atoms with Crippen molar-refractivity contribution in [3.63, 3.8) is 0 Å². The average molecular weight is 326 g/mol. The fraction of sp³-hybridized carbons (Fsp3) is 0.214. The predicted molar refractivity (Wildman–Crippen MR) is 78.6 cm³/mol. The highest BCUT2D eigenvalue weighted by molar-refractivity contribution is 9.10. The van der Waals surface area contributed by atoms with Gasteiger partial charge >= 0.3 is 0 Å². The fourth-order valence-corrected chi connectivity index (χ4v) is 2.53. The van der Waals surface area contributed by atoms with Gasteiger partial charge in [-0.1, -0.05) is 33.6 Å². The smallest absolute Gasteiger partial charge is 0.0462 e. The molecular formula is C14H14BrClN2. The van der Waals surface area contributed by atoms with E-state index in [1.54, 1.807) is 0 Å². The Morgan fingerprint density at radius 2 is 1.89 bits per heavy atom. The van der Waals surface area contributed by atoms with Gasteiger partial charge in [0.15, 0.2) is 0 Å². The lowest BCUT2D eigenvalue weighted by Gasteiger charge is -2.17. The first-order valence-electron chi connectivity index (χ1n) is 5.66. The van der Waals surface area contributed by atoms with Crippen molar-refractivity contribution in [2.45, 2.75) is 13.1 Å². The zero-order chi connectivity index (χ0) is 13.0. The standard InChI is InChI=1S/C14H14BrClN2/c1-18(9-11-4-6-17-7-5-11)10-12-2-3-13(15)8-14(12)16/h2-8H,9-10H2,1H3. The summed E-state index contributed by atoms with van der Waals surface area (Å²) < 4.78 is 1.01. The van der Waals surface area contributed by atoms with Crippen LogP contribution in [0.15, 0.2) is 47.2 Å². The molecule has 0 aliphatic rings. The summed E-state index contributed by atoms with van der Waals surface area (Å²) in [6, 6.07) is 10.0. The van der Waals surface area contributed by atoms with Gasteiger partial charge in [0.05, 0.1) is 0 Å². The first-order valence-corrected chi connectivity index (χ1v) is 6.83. The molecule has 2 rings (SSSR count). The first kappa shape index (κ1) is 13.5. The summed E-state index contributed by atoms with van der Waals surface area (Å²) in [7, 11) is 2.08. The third kappa shape index (κ3) is 3.80. The minimum atomic E-state index is 0.797. The van der Waals surface area contributed by atoms with Gasteiger partial charge in [0.1, 0.15) is 0 Å². The molecule has 0 fully saturated rings. The van der Waals surface area contributed by atoms with Crippen molar-refractivity contribution in [3.05, 3.63) is 63.3 Å². The quantitative estimate of drug-likeness (QED) is 0.840. The van der Waals surface area contributed by atoms with Gasteiger partial charge in [0.2, 0.25) is 0 Å². The maximum atomic E-state index is 6.21. The van der Waals surface area contributed by atoms with Gasteiger partial charge in [-0.15, -0.1) is 0 Å². The zero-order valence-corrected chi connectivity index (χ0v) is 12.4. The Labute approximate surface area is 121 Å². The maximum absolute atomic E-state index is 6.21. The third-order valence-electron chi connectivity index (χ3n) is 2.66. The molecule has 0 atom stereocenters. The van der Waals surface area contributed by atoms with Crippen molar-refractivity contribution >= 4 is 27.5 Å². The number of nitrogens with zero attached hydrogens (tertiary/aromatic N) is 2. The SMILES string of the molecule is CN(Cc1ccncc1)Cc1ccc(Br)cc1Cl. The van der Waals surface area contributed by atoms with Crippen LogP contribution in [-0.4, -0.2) is 16.9 Å². The largest absolute Gasteiger partial charge is 0.298 e. The Kier molecular flexibility index (Phi) is 4.75. The Morgan fingerprint density at radius 3 is 2.56 bits per heavy atom. The number of aromatic nitrogens is 1. The summed E-state index contributed by atoms with van der Waals surface area (Å²) in [5.41, 5.74) is 2.39. The van der Waals surface area contributed by atoms with E-state index in [4.69, 9.17) is 11.6 Å². The highest BCUT2D eigenvalue weighted by atomic mass is 79.9. The Hall–Kier alpha value is -0.900. The molecule has 0 saturated carbocycles. The number of pyridine rings is 1. The molecule has 0 N–H and O–H groups in total. The van der Waals surface area contributed by atoms with Crippen LogP contribution >= 0.6 is 27.5 Å². The van der Waals surface area contributed by atoms with Crippen LogP contribution < -0.4 is 0 Å². The number of rotatable bonds is 4. The molecule has 1 heterocycles. The van der Waals surface area contributed by atoms with Crippen LogP contribution in [-0.2, 0) is 13.1 Å². The molecule has 0 amide bonds. The van der Waals surface area contributed by atoms with Crippen LogP contribution in [0, 0.1) is 0 Å². The van der Waals surface area contributed by atoms with Crippen LogP contribution in [0.4, 0.5) is 0 Å². The molecule has 18 heavy (non-hydrogen) atoms. The molecule has 2 aromatic rings. The summed E-state index contributed by atoms with van der Waals surface area (Å²) in [5.74, 6) is 0. The molecule has 4 heteroatoms. The van der Waals surface area contributed by atoms with Crippen LogP contribution in [0.2, 0.25) is 5.02 Å². The summed E-state index contributed by atoms with van der Waals surface area (Å²) in [4.78, 5) is 6.24. The van der Waals surface area contributed by atoms with Crippen LogP contribution in [0.1, 0.15) is 11.1 Å². The molecule has 0 spiro atoms. The summed E-state index contributed by atoms with van der Waals surface area (Å²) >= 11 is 9.62. The van der Waals surface area contributed by atoms with Crippen molar-refractivity contribution < 1.29 is 0 Å². The Bertz CT molecular complexity index is 516. The normalized spacial score (nSPS) is 10.9. The average Bonchev–Trinajstić information content (AvgIpc) is 2.34. The molecule has 0 bridgehead atoms. The molecule has 0 aliphatic heterocycles. The van der Waals surface area contributed by atoms with E-state index in [0.29, 0.717) is 0 Å². The monoisotopic (exact) mass is 324 g/mol. The number of halogens is 2. The van der Waals surface area contributed by atoms with E-state index in [1.165, 1.54) is 5.56 Å². The van der Waals surface area contributed by atoms with Gasteiger partial charge in [-0.3, -0.25) is 9.88 Å². The summed E-state index contributed by atoms with van der Waals surface area (Å²) in [5, 5.41) is 0.797. The second-order valence-corrected chi connectivity index (χ2v) is 5.59. The van der Waals surface area contributed by atoms with Crippen molar-refractivity contribution in [1.29, 1.82) is 0 Å². The molecule has 2 nitrogen and oxygen atoms in total. The molecule has 0 aliphatic carbocycles. The fourth-order valence-electron chi connectivity index (χ4n) is 1.80. The minimum absolute atomic E-state index is 0.797. The topological polar surface area (TPSA) is 16.1 Å².